The molecule has 3 heterocycles. The van der Waals surface area contributed by atoms with Crippen LogP contribution in [0.5, 0.6) is 0 Å². The lowest BCUT2D eigenvalue weighted by atomic mass is 9.84. The third-order valence-electron chi connectivity index (χ3n) is 4.36. The summed E-state index contributed by atoms with van der Waals surface area (Å²) in [6.07, 6.45) is 0.834. The smallest absolute Gasteiger partial charge is 0.253 e. The molecule has 0 amide bonds. The lowest BCUT2D eigenvalue weighted by Gasteiger charge is -2.47. The second-order valence-corrected chi connectivity index (χ2v) is 11.1. The number of ether oxygens (including phenoxy) is 4. The van der Waals surface area contributed by atoms with Crippen LogP contribution in [0.4, 0.5) is 0 Å². The van der Waals surface area contributed by atoms with Crippen molar-refractivity contribution in [2.75, 3.05) is 26.4 Å². The summed E-state index contributed by atoms with van der Waals surface area (Å²) in [5.74, 6) is -1.96. The minimum Gasteiger partial charge on any atom is -0.339 e. The maximum atomic E-state index is 6.16. The maximum Gasteiger partial charge on any atom is 0.253 e. The van der Waals surface area contributed by atoms with Gasteiger partial charge in [0.05, 0.1) is 30.6 Å². The summed E-state index contributed by atoms with van der Waals surface area (Å²) in [6, 6.07) is 0. The number of thioether (sulfide) groups is 2. The molecule has 0 saturated carbocycles. The van der Waals surface area contributed by atoms with Gasteiger partial charge in [0.2, 0.25) is 0 Å². The van der Waals surface area contributed by atoms with Crippen LogP contribution < -0.4 is 0 Å². The molecule has 4 nitrogen and oxygen atoms in total. The van der Waals surface area contributed by atoms with Gasteiger partial charge in [0.1, 0.15) is 0 Å². The number of alkyl halides is 1. The molecule has 1 atom stereocenters. The van der Waals surface area contributed by atoms with E-state index in [4.69, 9.17) is 18.9 Å². The van der Waals surface area contributed by atoms with E-state index in [0.29, 0.717) is 30.6 Å². The Morgan fingerprint density at radius 1 is 1.17 bits per heavy atom. The Kier molecular flexibility index (Phi) is 4.59. The maximum absolute atomic E-state index is 6.16. The molecule has 1 aliphatic carbocycles. The van der Waals surface area contributed by atoms with Gasteiger partial charge >= 0.3 is 0 Å². The first-order valence-corrected chi connectivity index (χ1v) is 10.7. The normalized spacial score (nSPS) is 31.5. The van der Waals surface area contributed by atoms with Crippen molar-refractivity contribution in [2.45, 2.75) is 29.1 Å². The lowest BCUT2D eigenvalue weighted by molar-refractivity contribution is -0.311. The summed E-state index contributed by atoms with van der Waals surface area (Å²) in [5, 5.41) is 0. The second-order valence-electron chi connectivity index (χ2n) is 5.58. The minimum atomic E-state index is -0.995. The number of fused-ring (bicyclic) bond motifs is 2. The molecule has 0 bridgehead atoms. The van der Waals surface area contributed by atoms with E-state index in [1.807, 2.05) is 6.92 Å². The minimum absolute atomic E-state index is 0.292. The van der Waals surface area contributed by atoms with Gasteiger partial charge in [0, 0.05) is 24.8 Å². The Morgan fingerprint density at radius 2 is 1.74 bits per heavy atom. The van der Waals surface area contributed by atoms with Crippen LogP contribution in [0.3, 0.4) is 0 Å². The summed E-state index contributed by atoms with van der Waals surface area (Å²) in [4.78, 5) is 2.32. The van der Waals surface area contributed by atoms with E-state index in [1.165, 1.54) is 4.91 Å². The fourth-order valence-corrected chi connectivity index (χ4v) is 7.05. The average molecular weight is 484 g/mol. The molecule has 8 heteroatoms. The van der Waals surface area contributed by atoms with E-state index in [0.717, 1.165) is 26.3 Å². The van der Waals surface area contributed by atoms with E-state index in [9.17, 15) is 0 Å². The highest BCUT2D eigenvalue weighted by Crippen LogP contribution is 2.63. The molecular weight excluding hydrogens is 468 g/mol. The molecule has 0 aromatic carbocycles. The third kappa shape index (κ3) is 2.40. The van der Waals surface area contributed by atoms with Crippen LogP contribution in [0.1, 0.15) is 13.3 Å². The van der Waals surface area contributed by atoms with Crippen LogP contribution in [0, 0.1) is 0 Å². The molecule has 2 spiro atoms. The van der Waals surface area contributed by atoms with Crippen LogP contribution >= 0.6 is 55.4 Å². The first-order chi connectivity index (χ1) is 11.0. The van der Waals surface area contributed by atoms with Gasteiger partial charge in [0.15, 0.2) is 0 Å². The van der Waals surface area contributed by atoms with Crippen molar-refractivity contribution < 1.29 is 18.9 Å². The topological polar surface area (TPSA) is 36.9 Å². The standard InChI is InChI=1S/C15H16Br2O4S2/c1-8-12(22-9(2)16)13-10(7-11(17)23-13)15(20-5-6-21-15)14(8)18-3-4-19-14/h11H,2-7H2,1H3. The first kappa shape index (κ1) is 17.1. The number of hydrogen-bond acceptors (Lipinski definition) is 6. The average Bonchev–Trinajstić information content (AvgIpc) is 3.21. The zero-order chi connectivity index (χ0) is 16.2. The van der Waals surface area contributed by atoms with Gasteiger partial charge in [-0.15, -0.1) is 11.8 Å². The molecular formula is C15H16Br2O4S2. The van der Waals surface area contributed by atoms with E-state index in [-0.39, 0.29) is 0 Å². The van der Waals surface area contributed by atoms with Gasteiger partial charge in [-0.05, 0) is 29.3 Å². The quantitative estimate of drug-likeness (QED) is 0.539. The van der Waals surface area contributed by atoms with E-state index >= 15 is 0 Å². The van der Waals surface area contributed by atoms with E-state index in [2.05, 4.69) is 38.4 Å². The Balaban J connectivity index is 1.92. The van der Waals surface area contributed by atoms with Gasteiger partial charge in [0.25, 0.3) is 11.6 Å². The zero-order valence-corrected chi connectivity index (χ0v) is 17.3. The molecule has 126 valence electrons. The fourth-order valence-electron chi connectivity index (χ4n) is 3.56. The predicted molar refractivity (Wildman–Crippen MR) is 99.6 cm³/mol. The van der Waals surface area contributed by atoms with E-state index < -0.39 is 11.6 Å². The van der Waals surface area contributed by atoms with Crippen molar-refractivity contribution in [3.8, 4) is 0 Å². The van der Waals surface area contributed by atoms with Crippen molar-refractivity contribution in [2.24, 2.45) is 0 Å². The molecule has 2 saturated heterocycles. The lowest BCUT2D eigenvalue weighted by Crippen LogP contribution is -2.59. The van der Waals surface area contributed by atoms with Crippen LogP contribution in [-0.4, -0.2) is 42.2 Å². The summed E-state index contributed by atoms with van der Waals surface area (Å²) in [6.45, 7) is 8.18. The summed E-state index contributed by atoms with van der Waals surface area (Å²) >= 11 is 10.6. The predicted octanol–water partition coefficient (Wildman–Crippen LogP) is 4.47. The molecule has 23 heavy (non-hydrogen) atoms. The molecule has 2 fully saturated rings. The molecule has 4 aliphatic rings. The number of hydrogen-bond donors (Lipinski definition) is 0. The highest BCUT2D eigenvalue weighted by atomic mass is 79.9. The van der Waals surface area contributed by atoms with Gasteiger partial charge in [-0.3, -0.25) is 0 Å². The monoisotopic (exact) mass is 482 g/mol. The molecule has 1 unspecified atom stereocenters. The van der Waals surface area contributed by atoms with Gasteiger partial charge < -0.3 is 18.9 Å². The summed E-state index contributed by atoms with van der Waals surface area (Å²) in [5.41, 5.74) is 2.11. The van der Waals surface area contributed by atoms with Crippen molar-refractivity contribution in [1.29, 1.82) is 0 Å². The van der Waals surface area contributed by atoms with Gasteiger partial charge in [-0.1, -0.05) is 34.3 Å². The van der Waals surface area contributed by atoms with Crippen molar-refractivity contribution >= 4 is 55.4 Å². The first-order valence-electron chi connectivity index (χ1n) is 7.34. The zero-order valence-electron chi connectivity index (χ0n) is 12.5. The SMILES string of the molecule is C=C(Br)SC1=C(C)C2(OCCO2)C2(OCCO2)C2=C1SC(Br)C2. The second kappa shape index (κ2) is 6.16. The van der Waals surface area contributed by atoms with Crippen molar-refractivity contribution in [1.82, 2.24) is 0 Å². The molecule has 0 N–H and O–H groups in total. The van der Waals surface area contributed by atoms with Crippen LogP contribution in [0.2, 0.25) is 0 Å². The Bertz CT molecular complexity index is 619. The summed E-state index contributed by atoms with van der Waals surface area (Å²) in [7, 11) is 0. The van der Waals surface area contributed by atoms with Crippen LogP contribution in [-0.2, 0) is 18.9 Å². The van der Waals surface area contributed by atoms with Gasteiger partial charge in [-0.2, -0.15) is 0 Å². The molecule has 4 rings (SSSR count). The van der Waals surface area contributed by atoms with Gasteiger partial charge in [-0.25, -0.2) is 0 Å². The molecule has 3 aliphatic heterocycles. The van der Waals surface area contributed by atoms with Crippen molar-refractivity contribution in [3.63, 3.8) is 0 Å². The highest BCUT2D eigenvalue weighted by Gasteiger charge is 2.68. The number of rotatable bonds is 2. The Hall–Kier alpha value is 0.720. The van der Waals surface area contributed by atoms with E-state index in [1.54, 1.807) is 23.5 Å². The highest BCUT2D eigenvalue weighted by molar-refractivity contribution is 9.14. The number of halogens is 2. The summed E-state index contributed by atoms with van der Waals surface area (Å²) < 4.78 is 25.8. The largest absolute Gasteiger partial charge is 0.339 e. The Labute approximate surface area is 160 Å². The fraction of sp³-hybridized carbons (Fsp3) is 0.600. The van der Waals surface area contributed by atoms with Crippen LogP contribution in [0.25, 0.3) is 0 Å². The third-order valence-corrected chi connectivity index (χ3v) is 7.90. The van der Waals surface area contributed by atoms with Crippen LogP contribution in [0.15, 0.2) is 31.3 Å². The van der Waals surface area contributed by atoms with Crippen molar-refractivity contribution in [3.05, 3.63) is 31.3 Å². The molecule has 0 aromatic heterocycles. The Morgan fingerprint density at radius 3 is 2.30 bits per heavy atom. The molecule has 0 aromatic rings. The molecule has 0 radical (unpaired) electrons.